The Bertz CT molecular complexity index is 424. The van der Waals surface area contributed by atoms with Crippen LogP contribution in [-0.4, -0.2) is 36.5 Å². The molecule has 1 N–H and O–H groups in total. The fraction of sp³-hybridized carbons (Fsp3) is 0.417. The third-order valence-electron chi connectivity index (χ3n) is 2.83. The summed E-state index contributed by atoms with van der Waals surface area (Å²) < 4.78 is 14.2. The highest BCUT2D eigenvalue weighted by Crippen LogP contribution is 2.21. The van der Waals surface area contributed by atoms with Crippen molar-refractivity contribution in [2.45, 2.75) is 13.0 Å². The van der Waals surface area contributed by atoms with Crippen LogP contribution >= 0.6 is 28.3 Å². The summed E-state index contributed by atoms with van der Waals surface area (Å²) in [6.07, 6.45) is 0. The maximum atomic E-state index is 13.7. The van der Waals surface area contributed by atoms with Crippen LogP contribution in [-0.2, 0) is 0 Å². The van der Waals surface area contributed by atoms with Gasteiger partial charge in [-0.05, 0) is 35.0 Å². The average Bonchev–Trinajstić information content (AvgIpc) is 2.28. The van der Waals surface area contributed by atoms with E-state index in [4.69, 9.17) is 0 Å². The zero-order valence-corrected chi connectivity index (χ0v) is 12.4. The zero-order chi connectivity index (χ0) is 12.4. The maximum Gasteiger partial charge on any atom is 0.258 e. The molecule has 0 spiro atoms. The molecule has 1 atom stereocenters. The summed E-state index contributed by atoms with van der Waals surface area (Å²) in [6.45, 7) is 3.98. The van der Waals surface area contributed by atoms with Gasteiger partial charge in [-0.3, -0.25) is 4.79 Å². The number of benzene rings is 1. The lowest BCUT2D eigenvalue weighted by Crippen LogP contribution is -2.51. The number of hydrogen-bond acceptors (Lipinski definition) is 2. The Labute approximate surface area is 120 Å². The summed E-state index contributed by atoms with van der Waals surface area (Å²) in [5, 5.41) is 3.25. The van der Waals surface area contributed by atoms with Crippen LogP contribution in [0.15, 0.2) is 22.7 Å². The van der Waals surface area contributed by atoms with Gasteiger partial charge in [0.05, 0.1) is 5.56 Å². The SMILES string of the molecule is C[C@H]1CN(C(=O)c2c(F)cccc2Br)CCN1.Cl. The molecule has 0 bridgehead atoms. The summed E-state index contributed by atoms with van der Waals surface area (Å²) in [6, 6.07) is 4.82. The monoisotopic (exact) mass is 336 g/mol. The zero-order valence-electron chi connectivity index (χ0n) is 9.95. The molecule has 1 saturated heterocycles. The van der Waals surface area contributed by atoms with Gasteiger partial charge in [0.15, 0.2) is 0 Å². The van der Waals surface area contributed by atoms with Gasteiger partial charge in [0.25, 0.3) is 5.91 Å². The second kappa shape index (κ2) is 6.50. The highest BCUT2D eigenvalue weighted by molar-refractivity contribution is 9.10. The van der Waals surface area contributed by atoms with Crippen molar-refractivity contribution in [2.24, 2.45) is 0 Å². The van der Waals surface area contributed by atoms with Crippen molar-refractivity contribution >= 4 is 34.2 Å². The topological polar surface area (TPSA) is 32.3 Å². The molecule has 0 aliphatic carbocycles. The van der Waals surface area contributed by atoms with Gasteiger partial charge in [0.2, 0.25) is 0 Å². The van der Waals surface area contributed by atoms with Crippen LogP contribution in [0.5, 0.6) is 0 Å². The summed E-state index contributed by atoms with van der Waals surface area (Å²) in [4.78, 5) is 13.9. The number of halogens is 3. The third kappa shape index (κ3) is 3.22. The molecule has 6 heteroatoms. The van der Waals surface area contributed by atoms with Gasteiger partial charge in [-0.15, -0.1) is 12.4 Å². The molecule has 1 aliphatic heterocycles. The summed E-state index contributed by atoms with van der Waals surface area (Å²) >= 11 is 3.23. The van der Waals surface area contributed by atoms with Crippen molar-refractivity contribution in [3.05, 3.63) is 34.1 Å². The molecule has 1 amide bonds. The van der Waals surface area contributed by atoms with Crippen molar-refractivity contribution in [1.29, 1.82) is 0 Å². The molecule has 0 aromatic heterocycles. The van der Waals surface area contributed by atoms with E-state index in [1.165, 1.54) is 6.07 Å². The second-order valence-electron chi connectivity index (χ2n) is 4.20. The van der Waals surface area contributed by atoms with E-state index in [0.717, 1.165) is 6.54 Å². The lowest BCUT2D eigenvalue weighted by atomic mass is 10.1. The van der Waals surface area contributed by atoms with Crippen LogP contribution in [0.1, 0.15) is 17.3 Å². The molecular weight excluding hydrogens is 322 g/mol. The molecule has 2 rings (SSSR count). The van der Waals surface area contributed by atoms with E-state index in [-0.39, 0.29) is 29.9 Å². The molecule has 0 radical (unpaired) electrons. The predicted octanol–water partition coefficient (Wildman–Crippen LogP) is 2.44. The molecule has 1 aliphatic rings. The molecule has 0 unspecified atom stereocenters. The first kappa shape index (κ1) is 15.4. The van der Waals surface area contributed by atoms with E-state index in [2.05, 4.69) is 21.2 Å². The van der Waals surface area contributed by atoms with E-state index in [1.54, 1.807) is 17.0 Å². The Balaban J connectivity index is 0.00000162. The Kier molecular flexibility index (Phi) is 5.56. The Morgan fingerprint density at radius 3 is 2.89 bits per heavy atom. The number of piperazine rings is 1. The van der Waals surface area contributed by atoms with Crippen molar-refractivity contribution in [2.75, 3.05) is 19.6 Å². The van der Waals surface area contributed by atoms with Gasteiger partial charge in [0.1, 0.15) is 5.82 Å². The van der Waals surface area contributed by atoms with Crippen molar-refractivity contribution in [3.8, 4) is 0 Å². The first-order valence-corrected chi connectivity index (χ1v) is 6.35. The Morgan fingerprint density at radius 2 is 2.28 bits per heavy atom. The minimum Gasteiger partial charge on any atom is -0.336 e. The molecule has 100 valence electrons. The van der Waals surface area contributed by atoms with E-state index < -0.39 is 5.82 Å². The standard InChI is InChI=1S/C12H14BrFN2O.ClH/c1-8-7-16(6-5-15-8)12(17)11-9(13)3-2-4-10(11)14;/h2-4,8,15H,5-7H2,1H3;1H/t8-;/m0./s1. The van der Waals surface area contributed by atoms with Gasteiger partial charge in [-0.25, -0.2) is 4.39 Å². The second-order valence-corrected chi connectivity index (χ2v) is 5.06. The minimum atomic E-state index is -0.476. The molecule has 1 heterocycles. The lowest BCUT2D eigenvalue weighted by Gasteiger charge is -2.32. The molecule has 1 aromatic carbocycles. The molecule has 18 heavy (non-hydrogen) atoms. The van der Waals surface area contributed by atoms with E-state index in [9.17, 15) is 9.18 Å². The smallest absolute Gasteiger partial charge is 0.258 e. The number of nitrogens with one attached hydrogen (secondary N) is 1. The van der Waals surface area contributed by atoms with Crippen LogP contribution in [0.3, 0.4) is 0 Å². The first-order valence-electron chi connectivity index (χ1n) is 5.56. The van der Waals surface area contributed by atoms with E-state index in [0.29, 0.717) is 17.6 Å². The predicted molar refractivity (Wildman–Crippen MR) is 74.7 cm³/mol. The van der Waals surface area contributed by atoms with Crippen LogP contribution in [0.2, 0.25) is 0 Å². The number of hydrogen-bond donors (Lipinski definition) is 1. The summed E-state index contributed by atoms with van der Waals surface area (Å²) in [7, 11) is 0. The van der Waals surface area contributed by atoms with E-state index in [1.807, 2.05) is 6.92 Å². The quantitative estimate of drug-likeness (QED) is 0.854. The highest BCUT2D eigenvalue weighted by Gasteiger charge is 2.25. The maximum absolute atomic E-state index is 13.7. The van der Waals surface area contributed by atoms with Crippen molar-refractivity contribution in [3.63, 3.8) is 0 Å². The van der Waals surface area contributed by atoms with Crippen molar-refractivity contribution in [1.82, 2.24) is 10.2 Å². The molecule has 0 saturated carbocycles. The number of rotatable bonds is 1. The fourth-order valence-corrected chi connectivity index (χ4v) is 2.49. The Morgan fingerprint density at radius 1 is 1.56 bits per heavy atom. The number of carbonyl (C=O) groups is 1. The molecule has 1 aromatic rings. The van der Waals surface area contributed by atoms with Crippen LogP contribution in [0, 0.1) is 5.82 Å². The third-order valence-corrected chi connectivity index (χ3v) is 3.49. The van der Waals surface area contributed by atoms with Gasteiger partial charge in [-0.2, -0.15) is 0 Å². The van der Waals surface area contributed by atoms with Crippen LogP contribution < -0.4 is 5.32 Å². The normalized spacial score (nSPS) is 19.3. The number of amides is 1. The average molecular weight is 338 g/mol. The largest absolute Gasteiger partial charge is 0.336 e. The minimum absolute atomic E-state index is 0. The van der Waals surface area contributed by atoms with Gasteiger partial charge in [0, 0.05) is 30.1 Å². The van der Waals surface area contributed by atoms with Gasteiger partial charge in [-0.1, -0.05) is 6.07 Å². The Hall–Kier alpha value is -0.650. The molecule has 3 nitrogen and oxygen atoms in total. The van der Waals surface area contributed by atoms with E-state index >= 15 is 0 Å². The van der Waals surface area contributed by atoms with Crippen LogP contribution in [0.25, 0.3) is 0 Å². The van der Waals surface area contributed by atoms with Crippen molar-refractivity contribution < 1.29 is 9.18 Å². The van der Waals surface area contributed by atoms with Gasteiger partial charge < -0.3 is 10.2 Å². The van der Waals surface area contributed by atoms with Crippen LogP contribution in [0.4, 0.5) is 4.39 Å². The molecular formula is C12H15BrClFN2O. The summed E-state index contributed by atoms with van der Waals surface area (Å²) in [5.74, 6) is -0.723. The first-order chi connectivity index (χ1) is 8.09. The van der Waals surface area contributed by atoms with Gasteiger partial charge >= 0.3 is 0 Å². The molecule has 1 fully saturated rings. The number of nitrogens with zero attached hydrogens (tertiary/aromatic N) is 1. The lowest BCUT2D eigenvalue weighted by molar-refractivity contribution is 0.0703. The summed E-state index contributed by atoms with van der Waals surface area (Å²) in [5.41, 5.74) is 0.126. The number of carbonyl (C=O) groups excluding carboxylic acids is 1. The fourth-order valence-electron chi connectivity index (χ4n) is 1.98. The highest BCUT2D eigenvalue weighted by atomic mass is 79.9.